The summed E-state index contributed by atoms with van der Waals surface area (Å²) in [5, 5.41) is 11.7. The monoisotopic (exact) mass is 1010 g/mol. The fraction of sp³-hybridized carbons (Fsp3) is 0.273. The highest BCUT2D eigenvalue weighted by molar-refractivity contribution is 7.92. The third-order valence-corrected chi connectivity index (χ3v) is 14.8. The van der Waals surface area contributed by atoms with Crippen molar-refractivity contribution in [2.75, 3.05) is 23.5 Å². The number of aromatic nitrogens is 1. The number of halogens is 1. The van der Waals surface area contributed by atoms with Crippen LogP contribution in [0, 0.1) is 5.41 Å². The first-order chi connectivity index (χ1) is 34.0. The van der Waals surface area contributed by atoms with Crippen LogP contribution in [0.3, 0.4) is 0 Å². The maximum absolute atomic E-state index is 14.7. The molecule has 0 bridgehead atoms. The highest BCUT2D eigenvalue weighted by Gasteiger charge is 2.64. The van der Waals surface area contributed by atoms with Gasteiger partial charge in [-0.05, 0) is 73.6 Å². The number of carbonyl (C=O) groups is 4. The number of benzene rings is 5. The first kappa shape index (κ1) is 50.6. The Morgan fingerprint density at radius 3 is 1.85 bits per heavy atom. The van der Waals surface area contributed by atoms with E-state index >= 15 is 0 Å². The van der Waals surface area contributed by atoms with Crippen LogP contribution in [-0.2, 0) is 50.2 Å². The minimum atomic E-state index is -1.91. The van der Waals surface area contributed by atoms with Gasteiger partial charge in [-0.15, -0.1) is 22.9 Å². The summed E-state index contributed by atoms with van der Waals surface area (Å²) in [5.41, 5.74) is -1.14. The van der Waals surface area contributed by atoms with E-state index < -0.39 is 74.6 Å². The predicted octanol–water partition coefficient (Wildman–Crippen LogP) is 8.92. The van der Waals surface area contributed by atoms with Crippen molar-refractivity contribution >= 4 is 68.7 Å². The molecule has 0 saturated carbocycles. The van der Waals surface area contributed by atoms with E-state index in [0.29, 0.717) is 5.13 Å². The van der Waals surface area contributed by atoms with Gasteiger partial charge in [-0.25, -0.2) is 9.78 Å². The highest BCUT2D eigenvalue weighted by atomic mass is 35.5. The second-order valence-corrected chi connectivity index (χ2v) is 21.4. The average molecular weight is 1010 g/mol. The van der Waals surface area contributed by atoms with E-state index in [0.717, 1.165) is 27.8 Å². The Bertz CT molecular complexity index is 2750. The van der Waals surface area contributed by atoms with E-state index in [-0.39, 0.29) is 29.6 Å². The molecule has 2 aliphatic heterocycles. The zero-order chi connectivity index (χ0) is 50.4. The Labute approximate surface area is 425 Å². The normalized spacial score (nSPS) is 19.4. The molecular formula is C55H54ClN5O8S2. The number of nitrogens with zero attached hydrogens (tertiary/aromatic N) is 3. The van der Waals surface area contributed by atoms with Gasteiger partial charge in [0.2, 0.25) is 11.0 Å². The molecule has 1 aromatic heterocycles. The van der Waals surface area contributed by atoms with E-state index in [2.05, 4.69) is 15.8 Å². The van der Waals surface area contributed by atoms with E-state index in [9.17, 15) is 23.7 Å². The first-order valence-electron chi connectivity index (χ1n) is 23.0. The smallest absolute Gasteiger partial charge is 0.353 e. The van der Waals surface area contributed by atoms with Crippen LogP contribution in [0.4, 0.5) is 5.13 Å². The molecule has 3 heterocycles. The van der Waals surface area contributed by atoms with Crippen molar-refractivity contribution in [3.63, 3.8) is 0 Å². The Balaban J connectivity index is 1.09. The minimum Gasteiger partial charge on any atom is -0.615 e. The SMILES string of the molecule is CC(C)(C)OC(=O)C(C)(C)ON=C(C(=O)NC1C(=O)N2CC(C=CCCl)(C(=O)OC(c3ccccc3)c3ccccc3)C[S+]([O-])[C@H]12)c1csc(NC(c2ccccc2)(c2ccccc2)c2ccccc2)n1. The molecule has 8 rings (SSSR count). The van der Waals surface area contributed by atoms with Crippen molar-refractivity contribution in [3.05, 3.63) is 203 Å². The van der Waals surface area contributed by atoms with Crippen molar-refractivity contribution in [1.82, 2.24) is 15.2 Å². The third-order valence-electron chi connectivity index (χ3n) is 12.0. The van der Waals surface area contributed by atoms with Crippen molar-refractivity contribution in [1.29, 1.82) is 0 Å². The summed E-state index contributed by atoms with van der Waals surface area (Å²) in [5.74, 6) is -3.07. The lowest BCUT2D eigenvalue weighted by molar-refractivity contribution is -0.179. The molecule has 16 heteroatoms. The molecule has 2 saturated heterocycles. The molecular weight excluding hydrogens is 958 g/mol. The second-order valence-electron chi connectivity index (χ2n) is 18.7. The molecule has 0 radical (unpaired) electrons. The van der Waals surface area contributed by atoms with Crippen molar-refractivity contribution < 1.29 is 38.0 Å². The van der Waals surface area contributed by atoms with Crippen LogP contribution >= 0.6 is 22.9 Å². The number of thiazole rings is 1. The van der Waals surface area contributed by atoms with Gasteiger partial charge in [0.25, 0.3) is 11.8 Å². The summed E-state index contributed by atoms with van der Waals surface area (Å²) >= 11 is 5.41. The molecule has 71 heavy (non-hydrogen) atoms. The van der Waals surface area contributed by atoms with Gasteiger partial charge in [-0.3, -0.25) is 19.3 Å². The maximum Gasteiger partial charge on any atom is 0.353 e. The number of carbonyl (C=O) groups excluding carboxylic acids is 4. The lowest BCUT2D eigenvalue weighted by Crippen LogP contribution is -2.78. The van der Waals surface area contributed by atoms with Crippen LogP contribution in [0.1, 0.15) is 74.2 Å². The lowest BCUT2D eigenvalue weighted by Gasteiger charge is -2.53. The minimum absolute atomic E-state index is 0.0487. The molecule has 13 nitrogen and oxygen atoms in total. The molecule has 4 atom stereocenters. The van der Waals surface area contributed by atoms with Crippen LogP contribution < -0.4 is 10.6 Å². The number of nitrogens with one attached hydrogen (secondary N) is 2. The largest absolute Gasteiger partial charge is 0.615 e. The number of hydrogen-bond acceptors (Lipinski definition) is 12. The summed E-state index contributed by atoms with van der Waals surface area (Å²) in [6.45, 7) is 7.88. The number of alkyl halides is 1. The molecule has 366 valence electrons. The van der Waals surface area contributed by atoms with Crippen LogP contribution in [0.2, 0.25) is 0 Å². The van der Waals surface area contributed by atoms with E-state index in [1.54, 1.807) is 38.3 Å². The Morgan fingerprint density at radius 1 is 0.845 bits per heavy atom. The van der Waals surface area contributed by atoms with Gasteiger partial charge in [0.1, 0.15) is 28.0 Å². The summed E-state index contributed by atoms with van der Waals surface area (Å²) in [6, 6.07) is 47.0. The quantitative estimate of drug-likeness (QED) is 0.0131. The number of rotatable bonds is 17. The fourth-order valence-corrected chi connectivity index (χ4v) is 11.3. The van der Waals surface area contributed by atoms with Gasteiger partial charge in [0.15, 0.2) is 23.0 Å². The summed E-state index contributed by atoms with van der Waals surface area (Å²) in [7, 11) is 0. The van der Waals surface area contributed by atoms with Crippen LogP contribution in [0.5, 0.6) is 0 Å². The van der Waals surface area contributed by atoms with Crippen LogP contribution in [0.15, 0.2) is 174 Å². The number of ether oxygens (including phenoxy) is 2. The van der Waals surface area contributed by atoms with Gasteiger partial charge in [0, 0.05) is 17.8 Å². The molecule has 3 unspecified atom stereocenters. The number of esters is 2. The molecule has 2 amide bonds. The Hall–Kier alpha value is -6.78. The molecule has 5 aromatic carbocycles. The van der Waals surface area contributed by atoms with Gasteiger partial charge in [-0.1, -0.05) is 169 Å². The highest BCUT2D eigenvalue weighted by Crippen LogP contribution is 2.43. The van der Waals surface area contributed by atoms with E-state index in [1.807, 2.05) is 152 Å². The van der Waals surface area contributed by atoms with E-state index in [1.165, 1.54) is 30.1 Å². The van der Waals surface area contributed by atoms with Gasteiger partial charge in [-0.2, -0.15) is 0 Å². The Kier molecular flexibility index (Phi) is 15.2. The molecule has 2 fully saturated rings. The number of hydrogen-bond donors (Lipinski definition) is 2. The standard InChI is InChI=1S/C55H54ClN5O8S2/c1-52(2,3)68-49(64)53(4,5)69-60-43(42-34-70-51(57-42)59-55(39-26-15-8-16-27-39,40-28-17-9-18-29-40)41-30-19-10-20-31-41)46(62)58-44-47(63)61-35-54(32-21-33-56,36-71(66)48(44)61)50(65)67-45(37-22-11-6-12-23-37)38-24-13-7-14-25-38/h6-32,34,44-45,48H,33,35-36H2,1-5H3,(H,57,59)(H,58,62)/t44?,48-,54?,71?/m1/s1. The van der Waals surface area contributed by atoms with Gasteiger partial charge >= 0.3 is 11.9 Å². The van der Waals surface area contributed by atoms with E-state index in [4.69, 9.17) is 30.9 Å². The number of amides is 2. The number of anilines is 1. The number of allylic oxidation sites excluding steroid dienone is 1. The zero-order valence-electron chi connectivity index (χ0n) is 39.8. The van der Waals surface area contributed by atoms with Crippen molar-refractivity contribution in [2.24, 2.45) is 10.6 Å². The van der Waals surface area contributed by atoms with Gasteiger partial charge in [0.05, 0.1) is 0 Å². The molecule has 0 aliphatic carbocycles. The third kappa shape index (κ3) is 10.9. The topological polar surface area (TPSA) is 172 Å². The zero-order valence-corrected chi connectivity index (χ0v) is 42.2. The molecule has 6 aromatic rings. The summed E-state index contributed by atoms with van der Waals surface area (Å²) in [4.78, 5) is 68.7. The summed E-state index contributed by atoms with van der Waals surface area (Å²) in [6.07, 6.45) is 2.34. The van der Waals surface area contributed by atoms with Gasteiger partial charge < -0.3 is 29.5 Å². The summed E-state index contributed by atoms with van der Waals surface area (Å²) < 4.78 is 26.3. The number of β-lactam (4-membered cyclic amide) rings is 1. The Morgan fingerprint density at radius 2 is 1.35 bits per heavy atom. The maximum atomic E-state index is 14.7. The number of oxime groups is 1. The fourth-order valence-electron chi connectivity index (χ4n) is 8.57. The molecule has 2 N–H and O–H groups in total. The van der Waals surface area contributed by atoms with Crippen LogP contribution in [0.25, 0.3) is 0 Å². The second kappa shape index (κ2) is 21.3. The number of fused-ring (bicyclic) bond motifs is 1. The average Bonchev–Trinajstić information content (AvgIpc) is 3.84. The molecule has 0 spiro atoms. The first-order valence-corrected chi connectivity index (χ1v) is 25.8. The molecule has 2 aliphatic rings. The van der Waals surface area contributed by atoms with Crippen molar-refractivity contribution in [3.8, 4) is 0 Å². The van der Waals surface area contributed by atoms with Crippen molar-refractivity contribution in [2.45, 2.75) is 68.9 Å². The predicted molar refractivity (Wildman–Crippen MR) is 276 cm³/mol. The van der Waals surface area contributed by atoms with Crippen LogP contribution in [-0.4, -0.2) is 84.7 Å². The lowest BCUT2D eigenvalue weighted by atomic mass is 9.77.